The maximum atomic E-state index is 12.3. The van der Waals surface area contributed by atoms with Gasteiger partial charge in [-0.2, -0.15) is 0 Å². The Bertz CT molecular complexity index is 608. The number of allylic oxidation sites excluding steroid dienone is 1. The maximum Gasteiger partial charge on any atom is 0.346 e. The summed E-state index contributed by atoms with van der Waals surface area (Å²) in [6, 6.07) is 2.80. The molecule has 0 bridgehead atoms. The lowest BCUT2D eigenvalue weighted by Gasteiger charge is -2.16. The first kappa shape index (κ1) is 20.5. The Balaban J connectivity index is 2.63. The van der Waals surface area contributed by atoms with E-state index < -0.39 is 12.1 Å². The van der Waals surface area contributed by atoms with Crippen molar-refractivity contribution in [3.63, 3.8) is 0 Å². The lowest BCUT2D eigenvalue weighted by atomic mass is 10.1. The van der Waals surface area contributed by atoms with Crippen LogP contribution in [0.4, 0.5) is 0 Å². The molecule has 1 aromatic carbocycles. The average Bonchev–Trinajstić information content (AvgIpc) is 2.59. The number of benzene rings is 1. The first-order valence-corrected chi connectivity index (χ1v) is 8.21. The zero-order chi connectivity index (χ0) is 18.8. The molecule has 138 valence electrons. The first-order chi connectivity index (χ1) is 11.9. The van der Waals surface area contributed by atoms with Gasteiger partial charge >= 0.3 is 5.97 Å². The highest BCUT2D eigenvalue weighted by atomic mass is 16.5. The van der Waals surface area contributed by atoms with Gasteiger partial charge in [-0.15, -0.1) is 6.58 Å². The molecule has 0 aliphatic heterocycles. The molecule has 0 fully saturated rings. The molecule has 0 aliphatic rings. The van der Waals surface area contributed by atoms with Gasteiger partial charge in [0.2, 0.25) is 0 Å². The molecule has 0 radical (unpaired) electrons. The number of unbranched alkanes of at least 4 members (excludes halogenated alkanes) is 1. The Morgan fingerprint density at radius 2 is 1.96 bits per heavy atom. The highest BCUT2D eigenvalue weighted by Crippen LogP contribution is 2.34. The summed E-state index contributed by atoms with van der Waals surface area (Å²) in [5.41, 5.74) is -0.0625. The predicted molar refractivity (Wildman–Crippen MR) is 94.4 cm³/mol. The second-order valence-corrected chi connectivity index (χ2v) is 5.70. The number of ketones is 1. The average molecular weight is 350 g/mol. The van der Waals surface area contributed by atoms with Crippen molar-refractivity contribution < 1.29 is 28.9 Å². The van der Waals surface area contributed by atoms with E-state index in [0.29, 0.717) is 25.0 Å². The Morgan fingerprint density at radius 1 is 1.24 bits per heavy atom. The van der Waals surface area contributed by atoms with Crippen molar-refractivity contribution in [3.8, 4) is 17.2 Å². The van der Waals surface area contributed by atoms with Gasteiger partial charge in [-0.3, -0.25) is 4.79 Å². The van der Waals surface area contributed by atoms with Gasteiger partial charge in [0, 0.05) is 25.0 Å². The minimum Gasteiger partial charge on any atom is -0.507 e. The van der Waals surface area contributed by atoms with E-state index >= 15 is 0 Å². The molecule has 6 heteroatoms. The number of methoxy groups -OCH3 is 2. The molecule has 1 rings (SSSR count). The number of carbonyl (C=O) groups is 2. The molecule has 1 aromatic rings. The number of Topliss-reactive ketones (excluding diaryl/α,β-unsaturated/α-hetero) is 1. The number of phenolic OH excluding ortho intramolecular Hbond substituents is 1. The third-order valence-corrected chi connectivity index (χ3v) is 3.72. The fraction of sp³-hybridized carbons (Fsp3) is 0.474. The minimum atomic E-state index is -0.705. The van der Waals surface area contributed by atoms with Crippen LogP contribution in [0.3, 0.4) is 0 Å². The number of phenols is 1. The van der Waals surface area contributed by atoms with Crippen LogP contribution in [0.1, 0.15) is 49.4 Å². The van der Waals surface area contributed by atoms with Gasteiger partial charge in [-0.05, 0) is 26.2 Å². The van der Waals surface area contributed by atoms with Gasteiger partial charge in [-0.25, -0.2) is 4.79 Å². The number of aromatic hydroxyl groups is 1. The summed E-state index contributed by atoms with van der Waals surface area (Å²) in [5, 5.41) is 10.0. The molecule has 0 heterocycles. The van der Waals surface area contributed by atoms with Gasteiger partial charge in [0.1, 0.15) is 28.6 Å². The van der Waals surface area contributed by atoms with Crippen LogP contribution in [0.15, 0.2) is 24.8 Å². The van der Waals surface area contributed by atoms with E-state index in [9.17, 15) is 14.7 Å². The third kappa shape index (κ3) is 6.49. The van der Waals surface area contributed by atoms with Crippen LogP contribution in [-0.2, 0) is 9.53 Å². The molecule has 6 nitrogen and oxygen atoms in total. The van der Waals surface area contributed by atoms with Crippen LogP contribution in [0.2, 0.25) is 0 Å². The van der Waals surface area contributed by atoms with E-state index in [2.05, 4.69) is 6.58 Å². The summed E-state index contributed by atoms with van der Waals surface area (Å²) in [6.07, 6.45) is 4.20. The Morgan fingerprint density at radius 3 is 2.56 bits per heavy atom. The summed E-state index contributed by atoms with van der Waals surface area (Å²) in [5.74, 6) is -0.328. The van der Waals surface area contributed by atoms with Crippen molar-refractivity contribution >= 4 is 11.8 Å². The topological polar surface area (TPSA) is 82.1 Å². The van der Waals surface area contributed by atoms with E-state index in [1.54, 1.807) is 13.0 Å². The maximum absolute atomic E-state index is 12.3. The standard InChI is InChI=1S/C19H26O6/c1-5-6-7-8-14(20)10-9-13(2)25-19(22)18-16(21)11-15(23-3)12-17(18)24-4/h5,11-13,21H,1,6-10H2,2-4H3. The van der Waals surface area contributed by atoms with Crippen molar-refractivity contribution in [2.75, 3.05) is 14.2 Å². The van der Waals surface area contributed by atoms with Crippen LogP contribution >= 0.6 is 0 Å². The van der Waals surface area contributed by atoms with Crippen LogP contribution in [0.5, 0.6) is 17.2 Å². The van der Waals surface area contributed by atoms with Gasteiger partial charge in [-0.1, -0.05) is 6.08 Å². The highest BCUT2D eigenvalue weighted by molar-refractivity contribution is 5.96. The molecule has 0 spiro atoms. The Kier molecular flexibility index (Phi) is 8.53. The summed E-state index contributed by atoms with van der Waals surface area (Å²) >= 11 is 0. The van der Waals surface area contributed by atoms with Crippen molar-refractivity contribution in [3.05, 3.63) is 30.4 Å². The van der Waals surface area contributed by atoms with Crippen molar-refractivity contribution in [2.45, 2.75) is 45.1 Å². The lowest BCUT2D eigenvalue weighted by molar-refractivity contribution is -0.119. The third-order valence-electron chi connectivity index (χ3n) is 3.72. The zero-order valence-electron chi connectivity index (χ0n) is 15.0. The number of esters is 1. The van der Waals surface area contributed by atoms with Crippen molar-refractivity contribution in [2.24, 2.45) is 0 Å². The summed E-state index contributed by atoms with van der Waals surface area (Å²) in [6.45, 7) is 5.33. The normalized spacial score (nSPS) is 11.5. The van der Waals surface area contributed by atoms with Crippen molar-refractivity contribution in [1.29, 1.82) is 0 Å². The fourth-order valence-electron chi connectivity index (χ4n) is 2.29. The molecule has 1 N–H and O–H groups in total. The smallest absolute Gasteiger partial charge is 0.346 e. The largest absolute Gasteiger partial charge is 0.507 e. The van der Waals surface area contributed by atoms with Gasteiger partial charge in [0.25, 0.3) is 0 Å². The molecule has 0 aliphatic carbocycles. The first-order valence-electron chi connectivity index (χ1n) is 8.21. The van der Waals surface area contributed by atoms with Crippen LogP contribution in [0, 0.1) is 0 Å². The van der Waals surface area contributed by atoms with E-state index in [0.717, 1.165) is 12.8 Å². The number of hydrogen-bond donors (Lipinski definition) is 1. The van der Waals surface area contributed by atoms with E-state index in [1.807, 2.05) is 0 Å². The number of hydrogen-bond acceptors (Lipinski definition) is 6. The molecule has 0 aromatic heterocycles. The quantitative estimate of drug-likeness (QED) is 0.373. The Labute approximate surface area is 148 Å². The summed E-state index contributed by atoms with van der Waals surface area (Å²) in [7, 11) is 2.83. The molecular weight excluding hydrogens is 324 g/mol. The minimum absolute atomic E-state index is 0.0625. The molecular formula is C19H26O6. The molecule has 25 heavy (non-hydrogen) atoms. The fourth-order valence-corrected chi connectivity index (χ4v) is 2.29. The van der Waals surface area contributed by atoms with E-state index in [1.165, 1.54) is 26.4 Å². The number of ether oxygens (including phenoxy) is 3. The second kappa shape index (κ2) is 10.4. The molecule has 0 saturated heterocycles. The van der Waals surface area contributed by atoms with E-state index in [-0.39, 0.29) is 22.8 Å². The SMILES string of the molecule is C=CCCCC(=O)CCC(C)OC(=O)c1c(O)cc(OC)cc1OC. The Hall–Kier alpha value is -2.50. The van der Waals surface area contributed by atoms with Crippen LogP contribution in [0.25, 0.3) is 0 Å². The van der Waals surface area contributed by atoms with Gasteiger partial charge in [0.15, 0.2) is 0 Å². The van der Waals surface area contributed by atoms with Gasteiger partial charge in [0.05, 0.1) is 20.3 Å². The predicted octanol–water partition coefficient (Wildman–Crippen LogP) is 3.66. The van der Waals surface area contributed by atoms with E-state index in [4.69, 9.17) is 14.2 Å². The summed E-state index contributed by atoms with van der Waals surface area (Å²) in [4.78, 5) is 24.1. The second-order valence-electron chi connectivity index (χ2n) is 5.70. The summed E-state index contributed by atoms with van der Waals surface area (Å²) < 4.78 is 15.5. The van der Waals surface area contributed by atoms with Crippen LogP contribution < -0.4 is 9.47 Å². The van der Waals surface area contributed by atoms with Crippen LogP contribution in [-0.4, -0.2) is 37.2 Å². The molecule has 0 saturated carbocycles. The lowest BCUT2D eigenvalue weighted by Crippen LogP contribution is -2.17. The number of carbonyl (C=O) groups excluding carboxylic acids is 2. The van der Waals surface area contributed by atoms with Crippen molar-refractivity contribution in [1.82, 2.24) is 0 Å². The molecule has 1 unspecified atom stereocenters. The monoisotopic (exact) mass is 350 g/mol. The number of rotatable bonds is 11. The highest BCUT2D eigenvalue weighted by Gasteiger charge is 2.22. The molecule has 1 atom stereocenters. The zero-order valence-corrected chi connectivity index (χ0v) is 15.0. The van der Waals surface area contributed by atoms with Gasteiger partial charge < -0.3 is 19.3 Å². The molecule has 0 amide bonds.